The lowest BCUT2D eigenvalue weighted by Gasteiger charge is -2.01. The maximum atomic E-state index is 10.6. The number of hydrogen-bond donors (Lipinski definition) is 1. The second-order valence-corrected chi connectivity index (χ2v) is 2.89. The number of non-ortho nitro benzene ring substituents is 1. The highest BCUT2D eigenvalue weighted by atomic mass is 16.6. The van der Waals surface area contributed by atoms with Crippen LogP contribution in [0.1, 0.15) is 5.56 Å². The van der Waals surface area contributed by atoms with Gasteiger partial charge in [0.2, 0.25) is 0 Å². The van der Waals surface area contributed by atoms with Crippen molar-refractivity contribution in [2.24, 2.45) is 0 Å². The molecule has 1 aromatic rings. The van der Waals surface area contributed by atoms with Gasteiger partial charge >= 0.3 is 0 Å². The van der Waals surface area contributed by atoms with E-state index in [4.69, 9.17) is 5.11 Å². The molecule has 0 aromatic heterocycles. The molecule has 1 rings (SSSR count). The summed E-state index contributed by atoms with van der Waals surface area (Å²) in [7, 11) is 0. The lowest BCUT2D eigenvalue weighted by Crippen LogP contribution is -2.03. The standard InChI is InChI=1S/C7H5N3O7/c11-3-5-6(9(14)15)1-4(8(12)13)2-7(5)10(16)17/h1-2,11H,3H2. The average Bonchev–Trinajstić information content (AvgIpc) is 2.26. The minimum atomic E-state index is -1.02. The van der Waals surface area contributed by atoms with E-state index in [2.05, 4.69) is 0 Å². The summed E-state index contributed by atoms with van der Waals surface area (Å²) in [4.78, 5) is 28.6. The molecule has 1 N–H and O–H groups in total. The Balaban J connectivity index is 3.63. The van der Waals surface area contributed by atoms with Crippen molar-refractivity contribution in [1.82, 2.24) is 0 Å². The van der Waals surface area contributed by atoms with E-state index in [0.717, 1.165) is 0 Å². The second kappa shape index (κ2) is 4.49. The number of nitro groups is 3. The van der Waals surface area contributed by atoms with Gasteiger partial charge < -0.3 is 5.11 Å². The summed E-state index contributed by atoms with van der Waals surface area (Å²) in [5.41, 5.74) is -3.05. The third-order valence-corrected chi connectivity index (χ3v) is 1.95. The molecule has 1 aromatic carbocycles. The van der Waals surface area contributed by atoms with Gasteiger partial charge in [-0.25, -0.2) is 0 Å². The van der Waals surface area contributed by atoms with E-state index in [9.17, 15) is 30.3 Å². The predicted molar refractivity (Wildman–Crippen MR) is 52.3 cm³/mol. The van der Waals surface area contributed by atoms with Crippen LogP contribution in [0.2, 0.25) is 0 Å². The molecule has 0 saturated heterocycles. The third kappa shape index (κ3) is 2.31. The average molecular weight is 243 g/mol. The molecule has 10 heteroatoms. The van der Waals surface area contributed by atoms with Crippen LogP contribution in [-0.2, 0) is 6.61 Å². The SMILES string of the molecule is O=[N+]([O-])c1cc([N+](=O)[O-])c(CO)c([N+](=O)[O-])c1. The Labute approximate surface area is 92.5 Å². The van der Waals surface area contributed by atoms with E-state index in [-0.39, 0.29) is 0 Å². The largest absolute Gasteiger partial charge is 0.391 e. The van der Waals surface area contributed by atoms with Crippen LogP contribution >= 0.6 is 0 Å². The summed E-state index contributed by atoms with van der Waals surface area (Å²) in [6.45, 7) is -0.954. The van der Waals surface area contributed by atoms with Crippen molar-refractivity contribution < 1.29 is 19.9 Å². The van der Waals surface area contributed by atoms with Crippen LogP contribution in [0.25, 0.3) is 0 Å². The molecule has 0 heterocycles. The first-order valence-corrected chi connectivity index (χ1v) is 4.09. The zero-order chi connectivity index (χ0) is 13.2. The number of aliphatic hydroxyl groups excluding tert-OH is 1. The number of benzene rings is 1. The zero-order valence-electron chi connectivity index (χ0n) is 8.10. The molecular formula is C7H5N3O7. The number of aliphatic hydroxyl groups is 1. The predicted octanol–water partition coefficient (Wildman–Crippen LogP) is 0.903. The summed E-state index contributed by atoms with van der Waals surface area (Å²) >= 11 is 0. The summed E-state index contributed by atoms with van der Waals surface area (Å²) in [5.74, 6) is 0. The van der Waals surface area contributed by atoms with Gasteiger partial charge in [-0.3, -0.25) is 30.3 Å². The van der Waals surface area contributed by atoms with E-state index in [1.807, 2.05) is 0 Å². The van der Waals surface area contributed by atoms with E-state index in [1.54, 1.807) is 0 Å². The van der Waals surface area contributed by atoms with Gasteiger partial charge in [0.25, 0.3) is 17.1 Å². The quantitative estimate of drug-likeness (QED) is 0.609. The second-order valence-electron chi connectivity index (χ2n) is 2.89. The summed E-state index contributed by atoms with van der Waals surface area (Å²) in [6, 6.07) is 1.14. The first kappa shape index (κ1) is 12.4. The van der Waals surface area contributed by atoms with Crippen LogP contribution in [0, 0.1) is 30.3 Å². The maximum absolute atomic E-state index is 10.6. The molecule has 0 saturated carbocycles. The van der Waals surface area contributed by atoms with Gasteiger partial charge in [-0.1, -0.05) is 0 Å². The Hall–Kier alpha value is -2.62. The fraction of sp³-hybridized carbons (Fsp3) is 0.143. The number of nitrogens with zero attached hydrogens (tertiary/aromatic N) is 3. The minimum Gasteiger partial charge on any atom is -0.391 e. The van der Waals surface area contributed by atoms with Crippen LogP contribution in [0.4, 0.5) is 17.1 Å². The lowest BCUT2D eigenvalue weighted by molar-refractivity contribution is -0.404. The van der Waals surface area contributed by atoms with Crippen molar-refractivity contribution in [3.05, 3.63) is 48.0 Å². The Bertz CT molecular complexity index is 477. The highest BCUT2D eigenvalue weighted by molar-refractivity contribution is 5.60. The number of hydrogen-bond acceptors (Lipinski definition) is 7. The van der Waals surface area contributed by atoms with Gasteiger partial charge in [0, 0.05) is 0 Å². The fourth-order valence-corrected chi connectivity index (χ4v) is 1.22. The highest BCUT2D eigenvalue weighted by Crippen LogP contribution is 2.33. The zero-order valence-corrected chi connectivity index (χ0v) is 8.10. The summed E-state index contributed by atoms with van der Waals surface area (Å²) in [6.07, 6.45) is 0. The molecule has 0 radical (unpaired) electrons. The fourth-order valence-electron chi connectivity index (χ4n) is 1.22. The Morgan fingerprint density at radius 2 is 1.35 bits per heavy atom. The molecule has 10 nitrogen and oxygen atoms in total. The normalized spacial score (nSPS) is 9.94. The monoisotopic (exact) mass is 243 g/mol. The summed E-state index contributed by atoms with van der Waals surface area (Å²) in [5, 5.41) is 40.5. The maximum Gasteiger partial charge on any atom is 0.288 e. The van der Waals surface area contributed by atoms with Crippen molar-refractivity contribution in [3.8, 4) is 0 Å². The smallest absolute Gasteiger partial charge is 0.288 e. The van der Waals surface area contributed by atoms with Gasteiger partial charge in [-0.05, 0) is 0 Å². The van der Waals surface area contributed by atoms with Gasteiger partial charge in [0.1, 0.15) is 5.56 Å². The summed E-state index contributed by atoms with van der Waals surface area (Å²) < 4.78 is 0. The Morgan fingerprint density at radius 1 is 0.941 bits per heavy atom. The molecule has 90 valence electrons. The van der Waals surface area contributed by atoms with Crippen LogP contribution in [0.5, 0.6) is 0 Å². The van der Waals surface area contributed by atoms with Crippen LogP contribution < -0.4 is 0 Å². The lowest BCUT2D eigenvalue weighted by atomic mass is 10.1. The Morgan fingerprint density at radius 3 is 1.59 bits per heavy atom. The highest BCUT2D eigenvalue weighted by Gasteiger charge is 2.29. The Kier molecular flexibility index (Phi) is 3.29. The van der Waals surface area contributed by atoms with Crippen LogP contribution in [0.3, 0.4) is 0 Å². The molecule has 0 aliphatic heterocycles. The third-order valence-electron chi connectivity index (χ3n) is 1.95. The van der Waals surface area contributed by atoms with Gasteiger partial charge in [0.15, 0.2) is 0 Å². The molecule has 0 unspecified atom stereocenters. The molecule has 0 amide bonds. The molecule has 0 bridgehead atoms. The minimum absolute atomic E-state index is 0.564. The van der Waals surface area contributed by atoms with E-state index in [1.165, 1.54) is 0 Å². The van der Waals surface area contributed by atoms with E-state index >= 15 is 0 Å². The number of nitro benzene ring substituents is 3. The first-order chi connectivity index (χ1) is 7.88. The molecule has 17 heavy (non-hydrogen) atoms. The van der Waals surface area contributed by atoms with Crippen molar-refractivity contribution in [2.45, 2.75) is 6.61 Å². The van der Waals surface area contributed by atoms with Crippen LogP contribution in [0.15, 0.2) is 12.1 Å². The van der Waals surface area contributed by atoms with Gasteiger partial charge in [-0.15, -0.1) is 0 Å². The van der Waals surface area contributed by atoms with Gasteiger partial charge in [-0.2, -0.15) is 0 Å². The molecular weight excluding hydrogens is 238 g/mol. The van der Waals surface area contributed by atoms with E-state index in [0.29, 0.717) is 12.1 Å². The molecule has 0 atom stereocenters. The van der Waals surface area contributed by atoms with Crippen molar-refractivity contribution in [3.63, 3.8) is 0 Å². The topological polar surface area (TPSA) is 150 Å². The number of rotatable bonds is 4. The molecule has 0 spiro atoms. The van der Waals surface area contributed by atoms with Crippen molar-refractivity contribution >= 4 is 17.1 Å². The first-order valence-electron chi connectivity index (χ1n) is 4.09. The van der Waals surface area contributed by atoms with Crippen molar-refractivity contribution in [1.29, 1.82) is 0 Å². The van der Waals surface area contributed by atoms with E-state index < -0.39 is 44.0 Å². The molecule has 0 fully saturated rings. The molecule has 0 aliphatic carbocycles. The van der Waals surface area contributed by atoms with Gasteiger partial charge in [0.05, 0.1) is 33.5 Å². The van der Waals surface area contributed by atoms with Crippen molar-refractivity contribution in [2.75, 3.05) is 0 Å². The van der Waals surface area contributed by atoms with Crippen LogP contribution in [-0.4, -0.2) is 19.9 Å². The molecule has 0 aliphatic rings.